The van der Waals surface area contributed by atoms with Gasteiger partial charge in [-0.3, -0.25) is 0 Å². The van der Waals surface area contributed by atoms with Gasteiger partial charge in [-0.1, -0.05) is 0 Å². The van der Waals surface area contributed by atoms with Crippen LogP contribution in [0.3, 0.4) is 0 Å². The Balaban J connectivity index is 1.65. The first-order valence-electron chi connectivity index (χ1n) is 10.9. The summed E-state index contributed by atoms with van der Waals surface area (Å²) >= 11 is -2.26. The molecule has 1 aliphatic rings. The van der Waals surface area contributed by atoms with E-state index in [1.165, 1.54) is 20.7 Å². The summed E-state index contributed by atoms with van der Waals surface area (Å²) in [6.07, 6.45) is 4.15. The predicted octanol–water partition coefficient (Wildman–Crippen LogP) is 7.33. The molecule has 0 saturated heterocycles. The van der Waals surface area contributed by atoms with Crippen LogP contribution in [0.5, 0.6) is 0 Å². The molecule has 3 heterocycles. The Morgan fingerprint density at radius 2 is 1.72 bits per heavy atom. The molecule has 3 aromatic carbocycles. The van der Waals surface area contributed by atoms with Crippen LogP contribution in [-0.2, 0) is 0 Å². The summed E-state index contributed by atoms with van der Waals surface area (Å²) in [7, 11) is 0. The van der Waals surface area contributed by atoms with Gasteiger partial charge in [0.1, 0.15) is 0 Å². The zero-order chi connectivity index (χ0) is 22.0. The summed E-state index contributed by atoms with van der Waals surface area (Å²) in [5.41, 5.74) is 5.09. The quantitative estimate of drug-likeness (QED) is 0.115. The van der Waals surface area contributed by atoms with Gasteiger partial charge in [0.25, 0.3) is 0 Å². The fourth-order valence-corrected chi connectivity index (χ4v) is 8.15. The topological polar surface area (TPSA) is 27.2 Å². The van der Waals surface area contributed by atoms with Gasteiger partial charge in [-0.2, -0.15) is 0 Å². The van der Waals surface area contributed by atoms with Crippen molar-refractivity contribution in [3.05, 3.63) is 96.2 Å². The van der Waals surface area contributed by atoms with Gasteiger partial charge in [-0.05, 0) is 0 Å². The Hall–Kier alpha value is -3.31. The van der Waals surface area contributed by atoms with Crippen LogP contribution in [0.25, 0.3) is 37.2 Å². The number of furan rings is 1. The summed E-state index contributed by atoms with van der Waals surface area (Å²) in [5.74, 6) is 7.37. The van der Waals surface area contributed by atoms with E-state index in [4.69, 9.17) is 4.42 Å². The van der Waals surface area contributed by atoms with E-state index in [1.54, 1.807) is 6.20 Å². The SMILES string of the molecule is C=[N+]1c2ccc3ccccc3c2[C]([Ge]([CH3])([CH3])[CH3])=C[C-]1c1cccc2c1[o+][c-]1ncccc21. The van der Waals surface area contributed by atoms with Crippen molar-refractivity contribution >= 4 is 62.9 Å². The number of hydrogen-bond donors (Lipinski definition) is 0. The van der Waals surface area contributed by atoms with E-state index < -0.39 is 13.3 Å². The van der Waals surface area contributed by atoms with Crippen LogP contribution in [0, 0.1) is 6.04 Å². The van der Waals surface area contributed by atoms with Gasteiger partial charge in [0.15, 0.2) is 0 Å². The summed E-state index contributed by atoms with van der Waals surface area (Å²) < 4.78 is 9.83. The number of fused-ring (bicyclic) bond motifs is 6. The molecule has 0 fully saturated rings. The minimum atomic E-state index is -2.26. The summed E-state index contributed by atoms with van der Waals surface area (Å²) in [4.78, 5) is 4.44. The van der Waals surface area contributed by atoms with E-state index in [0.717, 1.165) is 33.6 Å². The summed E-state index contributed by atoms with van der Waals surface area (Å²) in [6.45, 7) is 4.50. The minimum absolute atomic E-state index is 0.672. The molecular formula is C28H24GeN2O. The number of pyridine rings is 1. The van der Waals surface area contributed by atoms with E-state index in [0.29, 0.717) is 5.71 Å². The second-order valence-electron chi connectivity index (χ2n) is 9.44. The Kier molecular flexibility index (Phi) is 4.15. The predicted molar refractivity (Wildman–Crippen MR) is 136 cm³/mol. The van der Waals surface area contributed by atoms with Crippen molar-refractivity contribution in [3.63, 3.8) is 0 Å². The van der Waals surface area contributed by atoms with Crippen LogP contribution >= 0.6 is 0 Å². The first-order chi connectivity index (χ1) is 15.4. The molecule has 0 spiro atoms. The molecule has 2 aromatic heterocycles. The van der Waals surface area contributed by atoms with Gasteiger partial charge in [-0.25, -0.2) is 0 Å². The van der Waals surface area contributed by atoms with Gasteiger partial charge >= 0.3 is 190 Å². The van der Waals surface area contributed by atoms with Gasteiger partial charge < -0.3 is 0 Å². The molecule has 156 valence electrons. The van der Waals surface area contributed by atoms with Crippen molar-refractivity contribution in [3.8, 4) is 0 Å². The first kappa shape index (κ1) is 19.4. The fraction of sp³-hybridized carbons (Fsp3) is 0.107. The fourth-order valence-electron chi connectivity index (χ4n) is 4.83. The zero-order valence-corrected chi connectivity index (χ0v) is 20.6. The maximum atomic E-state index is 6.26. The van der Waals surface area contributed by atoms with Crippen LogP contribution in [0.15, 0.2) is 83.4 Å². The third kappa shape index (κ3) is 2.77. The molecule has 0 N–H and O–H groups in total. The van der Waals surface area contributed by atoms with Crippen molar-refractivity contribution in [2.24, 2.45) is 0 Å². The molecule has 0 atom stereocenters. The number of benzene rings is 3. The number of para-hydroxylation sites is 1. The second-order valence-corrected chi connectivity index (χ2v) is 20.0. The van der Waals surface area contributed by atoms with Crippen molar-refractivity contribution < 1.29 is 8.99 Å². The number of nitrogens with zero attached hydrogens (tertiary/aromatic N) is 2. The van der Waals surface area contributed by atoms with Gasteiger partial charge in [0.2, 0.25) is 0 Å². The number of rotatable bonds is 2. The van der Waals surface area contributed by atoms with Crippen molar-refractivity contribution in [2.45, 2.75) is 17.3 Å². The maximum absolute atomic E-state index is 6.26. The van der Waals surface area contributed by atoms with Crippen LogP contribution in [0.1, 0.15) is 11.1 Å². The summed E-state index contributed by atoms with van der Waals surface area (Å²) in [5, 5.41) is 4.70. The molecule has 0 bridgehead atoms. The van der Waals surface area contributed by atoms with Crippen molar-refractivity contribution in [1.29, 1.82) is 0 Å². The normalized spacial score (nSPS) is 14.3. The Morgan fingerprint density at radius 3 is 2.56 bits per heavy atom. The molecule has 0 saturated carbocycles. The second kappa shape index (κ2) is 6.84. The molecule has 4 heteroatoms. The van der Waals surface area contributed by atoms with Crippen LogP contribution in [-0.4, -0.2) is 29.5 Å². The molecule has 6 rings (SSSR count). The van der Waals surface area contributed by atoms with Gasteiger partial charge in [0.05, 0.1) is 0 Å². The third-order valence-corrected chi connectivity index (χ3v) is 10.6. The molecule has 0 unspecified atom stereocenters. The van der Waals surface area contributed by atoms with E-state index in [2.05, 4.69) is 100 Å². The van der Waals surface area contributed by atoms with Crippen LogP contribution in [0.2, 0.25) is 17.3 Å². The Morgan fingerprint density at radius 1 is 0.906 bits per heavy atom. The van der Waals surface area contributed by atoms with E-state index in [-0.39, 0.29) is 0 Å². The Bertz CT molecular complexity index is 1590. The Labute approximate surface area is 190 Å². The number of hydrogen-bond acceptors (Lipinski definition) is 1. The average molecular weight is 477 g/mol. The zero-order valence-electron chi connectivity index (χ0n) is 18.5. The molecule has 0 aliphatic carbocycles. The van der Waals surface area contributed by atoms with Crippen LogP contribution in [0.4, 0.5) is 5.69 Å². The monoisotopic (exact) mass is 478 g/mol. The molecule has 3 nitrogen and oxygen atoms in total. The molecule has 32 heavy (non-hydrogen) atoms. The molecule has 0 radical (unpaired) electrons. The van der Waals surface area contributed by atoms with Crippen LogP contribution < -0.4 is 0 Å². The first-order valence-corrected chi connectivity index (χ1v) is 18.3. The summed E-state index contributed by atoms with van der Waals surface area (Å²) in [6, 6.07) is 24.5. The van der Waals surface area contributed by atoms with E-state index in [9.17, 15) is 0 Å². The molecular weight excluding hydrogens is 453 g/mol. The molecule has 5 aromatic rings. The average Bonchev–Trinajstić information content (AvgIpc) is 3.17. The standard InChI is InChI=1S/C28H24GeN2O/c1-29(2,3)23-17-25(31(4)24-15-14-18-9-5-6-10-19(18)26(23)24)22-12-7-11-20-21-13-8-16-30-28(21)32-27(20)22/h5-17H,4H2,1-3H3. The van der Waals surface area contributed by atoms with E-state index >= 15 is 0 Å². The van der Waals surface area contributed by atoms with Crippen molar-refractivity contribution in [2.75, 3.05) is 0 Å². The number of aromatic nitrogens is 1. The van der Waals surface area contributed by atoms with E-state index in [1.807, 2.05) is 6.07 Å². The van der Waals surface area contributed by atoms with Crippen molar-refractivity contribution in [1.82, 2.24) is 4.98 Å². The molecule has 0 amide bonds. The van der Waals surface area contributed by atoms with Gasteiger partial charge in [0, 0.05) is 0 Å². The van der Waals surface area contributed by atoms with Gasteiger partial charge in [-0.15, -0.1) is 0 Å². The third-order valence-electron chi connectivity index (χ3n) is 6.40. The molecule has 1 aliphatic heterocycles.